The summed E-state index contributed by atoms with van der Waals surface area (Å²) < 4.78 is 5.85. The Morgan fingerprint density at radius 3 is 2.59 bits per heavy atom. The highest BCUT2D eigenvalue weighted by atomic mass is 16.5. The van der Waals surface area contributed by atoms with Crippen LogP contribution in [0.2, 0.25) is 0 Å². The molecule has 2 rings (SSSR count). The van der Waals surface area contributed by atoms with E-state index in [4.69, 9.17) is 4.74 Å². The highest BCUT2D eigenvalue weighted by molar-refractivity contribution is 4.93. The van der Waals surface area contributed by atoms with Crippen LogP contribution < -0.4 is 5.32 Å². The molecular formula is C15H29NO. The lowest BCUT2D eigenvalue weighted by Crippen LogP contribution is -2.48. The standard InChI is InChI=1S/C15H29NO/c1-11(2)13-10-12(7-9-17-13)16-14-6-5-8-15(14,3)4/h11-14,16H,5-10H2,1-4H3. The molecule has 0 aromatic rings. The average molecular weight is 239 g/mol. The Kier molecular flexibility index (Phi) is 4.14. The Balaban J connectivity index is 1.86. The number of nitrogens with one attached hydrogen (secondary N) is 1. The van der Waals surface area contributed by atoms with Crippen molar-refractivity contribution in [2.45, 2.75) is 78.0 Å². The third-order valence-corrected chi connectivity index (χ3v) is 4.75. The lowest BCUT2D eigenvalue weighted by Gasteiger charge is -2.37. The molecule has 0 aromatic carbocycles. The predicted molar refractivity (Wildman–Crippen MR) is 72.2 cm³/mol. The van der Waals surface area contributed by atoms with Gasteiger partial charge in [-0.15, -0.1) is 0 Å². The van der Waals surface area contributed by atoms with Crippen molar-refractivity contribution in [1.29, 1.82) is 0 Å². The van der Waals surface area contributed by atoms with Crippen molar-refractivity contribution in [2.24, 2.45) is 11.3 Å². The van der Waals surface area contributed by atoms with Gasteiger partial charge in [0.05, 0.1) is 6.10 Å². The fraction of sp³-hybridized carbons (Fsp3) is 1.00. The summed E-state index contributed by atoms with van der Waals surface area (Å²) in [6.45, 7) is 10.3. The Hall–Kier alpha value is -0.0800. The van der Waals surface area contributed by atoms with Gasteiger partial charge in [0.15, 0.2) is 0 Å². The van der Waals surface area contributed by atoms with E-state index in [1.807, 2.05) is 0 Å². The van der Waals surface area contributed by atoms with E-state index in [9.17, 15) is 0 Å². The van der Waals surface area contributed by atoms with Gasteiger partial charge >= 0.3 is 0 Å². The second-order valence-electron chi connectivity index (χ2n) is 6.97. The Morgan fingerprint density at radius 1 is 1.24 bits per heavy atom. The van der Waals surface area contributed by atoms with E-state index in [1.54, 1.807) is 0 Å². The predicted octanol–water partition coefficient (Wildman–Crippen LogP) is 3.36. The van der Waals surface area contributed by atoms with Crippen molar-refractivity contribution in [3.63, 3.8) is 0 Å². The minimum atomic E-state index is 0.464. The van der Waals surface area contributed by atoms with E-state index < -0.39 is 0 Å². The first-order chi connectivity index (χ1) is 7.99. The summed E-state index contributed by atoms with van der Waals surface area (Å²) in [4.78, 5) is 0. The smallest absolute Gasteiger partial charge is 0.0612 e. The molecule has 1 saturated heterocycles. The Labute approximate surface area is 107 Å². The first-order valence-electron chi connectivity index (χ1n) is 7.36. The molecule has 0 radical (unpaired) electrons. The molecule has 0 bridgehead atoms. The van der Waals surface area contributed by atoms with Crippen molar-refractivity contribution < 1.29 is 4.74 Å². The second kappa shape index (κ2) is 5.27. The summed E-state index contributed by atoms with van der Waals surface area (Å²) in [5.74, 6) is 0.649. The van der Waals surface area contributed by atoms with Crippen LogP contribution in [-0.4, -0.2) is 24.8 Å². The molecule has 1 saturated carbocycles. The maximum Gasteiger partial charge on any atom is 0.0612 e. The van der Waals surface area contributed by atoms with E-state index in [0.29, 0.717) is 23.5 Å². The van der Waals surface area contributed by atoms with Crippen molar-refractivity contribution in [3.8, 4) is 0 Å². The molecule has 3 unspecified atom stereocenters. The summed E-state index contributed by atoms with van der Waals surface area (Å²) in [6, 6.07) is 1.40. The maximum atomic E-state index is 5.85. The van der Waals surface area contributed by atoms with Crippen LogP contribution in [0.15, 0.2) is 0 Å². The van der Waals surface area contributed by atoms with Crippen molar-refractivity contribution >= 4 is 0 Å². The van der Waals surface area contributed by atoms with Gasteiger partial charge in [-0.1, -0.05) is 34.1 Å². The maximum absolute atomic E-state index is 5.85. The van der Waals surface area contributed by atoms with E-state index in [-0.39, 0.29) is 0 Å². The van der Waals surface area contributed by atoms with Crippen LogP contribution in [0.1, 0.15) is 59.8 Å². The highest BCUT2D eigenvalue weighted by Crippen LogP contribution is 2.38. The fourth-order valence-electron chi connectivity index (χ4n) is 3.36. The van der Waals surface area contributed by atoms with Gasteiger partial charge in [0, 0.05) is 18.7 Å². The van der Waals surface area contributed by atoms with Gasteiger partial charge in [0.2, 0.25) is 0 Å². The Bertz CT molecular complexity index is 249. The topological polar surface area (TPSA) is 21.3 Å². The number of hydrogen-bond donors (Lipinski definition) is 1. The molecule has 1 aliphatic heterocycles. The summed E-state index contributed by atoms with van der Waals surface area (Å²) in [5, 5.41) is 3.91. The summed E-state index contributed by atoms with van der Waals surface area (Å²) in [7, 11) is 0. The second-order valence-corrected chi connectivity index (χ2v) is 6.97. The molecule has 2 heteroatoms. The first kappa shape index (κ1) is 13.4. The van der Waals surface area contributed by atoms with Crippen molar-refractivity contribution in [2.75, 3.05) is 6.61 Å². The van der Waals surface area contributed by atoms with Crippen LogP contribution in [-0.2, 0) is 4.74 Å². The van der Waals surface area contributed by atoms with Crippen LogP contribution in [0.4, 0.5) is 0 Å². The van der Waals surface area contributed by atoms with E-state index >= 15 is 0 Å². The molecule has 100 valence electrons. The molecule has 2 aliphatic rings. The molecule has 0 spiro atoms. The molecule has 1 heterocycles. The largest absolute Gasteiger partial charge is 0.378 e. The number of rotatable bonds is 3. The molecule has 3 atom stereocenters. The van der Waals surface area contributed by atoms with Gasteiger partial charge in [0.25, 0.3) is 0 Å². The molecular weight excluding hydrogens is 210 g/mol. The van der Waals surface area contributed by atoms with Gasteiger partial charge in [-0.2, -0.15) is 0 Å². The van der Waals surface area contributed by atoms with Gasteiger partial charge < -0.3 is 10.1 Å². The SMILES string of the molecule is CC(C)C1CC(NC2CCCC2(C)C)CCO1. The molecule has 17 heavy (non-hydrogen) atoms. The molecule has 1 aliphatic carbocycles. The normalized spacial score (nSPS) is 37.6. The van der Waals surface area contributed by atoms with Crippen LogP contribution in [0.25, 0.3) is 0 Å². The van der Waals surface area contributed by atoms with Gasteiger partial charge in [-0.25, -0.2) is 0 Å². The zero-order chi connectivity index (χ0) is 12.5. The van der Waals surface area contributed by atoms with E-state index in [2.05, 4.69) is 33.0 Å². The highest BCUT2D eigenvalue weighted by Gasteiger charge is 2.36. The van der Waals surface area contributed by atoms with Crippen LogP contribution in [0.3, 0.4) is 0 Å². The minimum Gasteiger partial charge on any atom is -0.378 e. The fourth-order valence-corrected chi connectivity index (χ4v) is 3.36. The molecule has 2 fully saturated rings. The summed E-state index contributed by atoms with van der Waals surface area (Å²) >= 11 is 0. The van der Waals surface area contributed by atoms with Crippen molar-refractivity contribution in [3.05, 3.63) is 0 Å². The third kappa shape index (κ3) is 3.23. The van der Waals surface area contributed by atoms with Crippen molar-refractivity contribution in [1.82, 2.24) is 5.32 Å². The quantitative estimate of drug-likeness (QED) is 0.815. The van der Waals surface area contributed by atoms with Gasteiger partial charge in [0.1, 0.15) is 0 Å². The summed E-state index contributed by atoms with van der Waals surface area (Å²) in [6.07, 6.45) is 6.98. The molecule has 0 amide bonds. The number of hydrogen-bond acceptors (Lipinski definition) is 2. The van der Waals surface area contributed by atoms with Crippen LogP contribution in [0, 0.1) is 11.3 Å². The van der Waals surface area contributed by atoms with Gasteiger partial charge in [-0.3, -0.25) is 0 Å². The lowest BCUT2D eigenvalue weighted by atomic mass is 9.86. The molecule has 1 N–H and O–H groups in total. The number of ether oxygens (including phenoxy) is 1. The van der Waals surface area contributed by atoms with E-state index in [0.717, 1.165) is 12.6 Å². The first-order valence-corrected chi connectivity index (χ1v) is 7.36. The van der Waals surface area contributed by atoms with Gasteiger partial charge in [-0.05, 0) is 37.0 Å². The zero-order valence-corrected chi connectivity index (χ0v) is 12.0. The average Bonchev–Trinajstić information content (AvgIpc) is 2.59. The Morgan fingerprint density at radius 2 is 2.00 bits per heavy atom. The van der Waals surface area contributed by atoms with E-state index in [1.165, 1.54) is 32.1 Å². The molecule has 0 aromatic heterocycles. The summed E-state index contributed by atoms with van der Waals surface area (Å²) in [5.41, 5.74) is 0.492. The molecule has 2 nitrogen and oxygen atoms in total. The third-order valence-electron chi connectivity index (χ3n) is 4.75. The lowest BCUT2D eigenvalue weighted by molar-refractivity contribution is -0.0276. The van der Waals surface area contributed by atoms with Crippen LogP contribution in [0.5, 0.6) is 0 Å². The minimum absolute atomic E-state index is 0.464. The monoisotopic (exact) mass is 239 g/mol. The zero-order valence-electron chi connectivity index (χ0n) is 12.0. The van der Waals surface area contributed by atoms with Crippen LogP contribution >= 0.6 is 0 Å².